The molecule has 1 aromatic carbocycles. The number of rotatable bonds is 3. The maximum Gasteiger partial charge on any atom is 0.123 e. The Kier molecular flexibility index (Phi) is 3.35. The van der Waals surface area contributed by atoms with Crippen molar-refractivity contribution in [3.05, 3.63) is 51.2 Å². The minimum Gasteiger partial charge on any atom is -0.492 e. The third kappa shape index (κ3) is 2.25. The average Bonchev–Trinajstić information content (AvgIpc) is 3.03. The van der Waals surface area contributed by atoms with Crippen LogP contribution in [0.15, 0.2) is 30.3 Å². The van der Waals surface area contributed by atoms with E-state index in [1.807, 2.05) is 18.2 Å². The van der Waals surface area contributed by atoms with Gasteiger partial charge in [0.15, 0.2) is 0 Å². The molecular formula is C17H20O2S. The number of aryl methyl sites for hydroxylation is 1. The predicted molar refractivity (Wildman–Crippen MR) is 82.7 cm³/mol. The second kappa shape index (κ2) is 4.90. The lowest BCUT2D eigenvalue weighted by Gasteiger charge is -2.17. The number of aliphatic hydroxyl groups is 1. The number of hydrogen-bond acceptors (Lipinski definition) is 3. The molecule has 0 fully saturated rings. The van der Waals surface area contributed by atoms with Crippen LogP contribution in [0.3, 0.4) is 0 Å². The normalized spacial score (nSPS) is 17.6. The molecule has 1 aliphatic heterocycles. The lowest BCUT2D eigenvalue weighted by molar-refractivity contribution is 0.224. The van der Waals surface area contributed by atoms with Gasteiger partial charge in [0.05, 0.1) is 6.61 Å². The number of thiophene rings is 1. The molecule has 1 aromatic heterocycles. The van der Waals surface area contributed by atoms with E-state index < -0.39 is 6.10 Å². The maximum absolute atomic E-state index is 10.6. The van der Waals surface area contributed by atoms with E-state index in [2.05, 4.69) is 32.9 Å². The third-order valence-corrected chi connectivity index (χ3v) is 5.22. The summed E-state index contributed by atoms with van der Waals surface area (Å²) in [5, 5.41) is 10.6. The highest BCUT2D eigenvalue weighted by molar-refractivity contribution is 7.12. The summed E-state index contributed by atoms with van der Waals surface area (Å²) in [5.74, 6) is 0.950. The first-order valence-corrected chi connectivity index (χ1v) is 7.87. The molecular weight excluding hydrogens is 268 g/mol. The molecule has 1 unspecified atom stereocenters. The van der Waals surface area contributed by atoms with Crippen molar-refractivity contribution in [1.82, 2.24) is 0 Å². The van der Waals surface area contributed by atoms with Gasteiger partial charge in [0, 0.05) is 20.7 Å². The van der Waals surface area contributed by atoms with Crippen LogP contribution >= 0.6 is 11.3 Å². The zero-order valence-electron chi connectivity index (χ0n) is 12.1. The molecule has 2 heterocycles. The third-order valence-electron chi connectivity index (χ3n) is 3.94. The molecule has 1 N–H and O–H groups in total. The summed E-state index contributed by atoms with van der Waals surface area (Å²) in [7, 11) is 0. The first-order valence-electron chi connectivity index (χ1n) is 7.05. The highest BCUT2D eigenvalue weighted by atomic mass is 32.1. The molecule has 20 heavy (non-hydrogen) atoms. The van der Waals surface area contributed by atoms with Crippen LogP contribution in [-0.4, -0.2) is 11.7 Å². The van der Waals surface area contributed by atoms with Gasteiger partial charge in [-0.25, -0.2) is 0 Å². The van der Waals surface area contributed by atoms with Gasteiger partial charge in [-0.1, -0.05) is 26.8 Å². The molecule has 0 saturated heterocycles. The maximum atomic E-state index is 10.6. The van der Waals surface area contributed by atoms with Gasteiger partial charge in [-0.15, -0.1) is 11.3 Å². The van der Waals surface area contributed by atoms with Crippen molar-refractivity contribution in [2.45, 2.75) is 38.7 Å². The number of aliphatic hydroxyl groups excluding tert-OH is 1. The van der Waals surface area contributed by atoms with Crippen LogP contribution in [-0.2, 0) is 11.8 Å². The van der Waals surface area contributed by atoms with Gasteiger partial charge in [0.1, 0.15) is 11.9 Å². The van der Waals surface area contributed by atoms with Crippen molar-refractivity contribution in [1.29, 1.82) is 0 Å². The smallest absolute Gasteiger partial charge is 0.123 e. The van der Waals surface area contributed by atoms with Crippen LogP contribution in [0.25, 0.3) is 0 Å². The second-order valence-electron chi connectivity index (χ2n) is 5.99. The van der Waals surface area contributed by atoms with Crippen LogP contribution in [0.5, 0.6) is 5.75 Å². The lowest BCUT2D eigenvalue weighted by atomic mass is 9.85. The molecule has 0 aliphatic carbocycles. The van der Waals surface area contributed by atoms with Crippen molar-refractivity contribution < 1.29 is 9.84 Å². The minimum absolute atomic E-state index is 0.0229. The summed E-state index contributed by atoms with van der Waals surface area (Å²) in [6.45, 7) is 7.20. The Morgan fingerprint density at radius 3 is 2.80 bits per heavy atom. The Bertz CT molecular complexity index is 628. The first-order chi connectivity index (χ1) is 9.51. The number of fused-ring (bicyclic) bond motifs is 1. The fraction of sp³-hybridized carbons (Fsp3) is 0.412. The zero-order valence-corrected chi connectivity index (χ0v) is 13.0. The number of hydrogen-bond donors (Lipinski definition) is 1. The lowest BCUT2D eigenvalue weighted by Crippen LogP contribution is -2.18. The van der Waals surface area contributed by atoms with Crippen molar-refractivity contribution >= 4 is 11.3 Å². The summed E-state index contributed by atoms with van der Waals surface area (Å²) in [6.07, 6.45) is 0.477. The monoisotopic (exact) mass is 288 g/mol. The molecule has 3 rings (SSSR count). The number of ether oxygens (including phenoxy) is 1. The quantitative estimate of drug-likeness (QED) is 0.923. The second-order valence-corrected chi connectivity index (χ2v) is 7.19. The van der Waals surface area contributed by atoms with Crippen LogP contribution in [0.2, 0.25) is 0 Å². The highest BCUT2D eigenvalue weighted by Gasteiger charge is 2.32. The van der Waals surface area contributed by atoms with E-state index in [0.717, 1.165) is 22.6 Å². The topological polar surface area (TPSA) is 29.5 Å². The summed E-state index contributed by atoms with van der Waals surface area (Å²) >= 11 is 1.69. The van der Waals surface area contributed by atoms with E-state index in [1.165, 1.54) is 10.4 Å². The van der Waals surface area contributed by atoms with Crippen LogP contribution in [0, 0.1) is 0 Å². The molecule has 2 nitrogen and oxygen atoms in total. The Balaban J connectivity index is 1.95. The van der Waals surface area contributed by atoms with Gasteiger partial charge in [-0.3, -0.25) is 0 Å². The van der Waals surface area contributed by atoms with Crippen molar-refractivity contribution in [3.8, 4) is 5.75 Å². The van der Waals surface area contributed by atoms with Crippen LogP contribution in [0.1, 0.15) is 47.8 Å². The molecule has 3 heteroatoms. The van der Waals surface area contributed by atoms with Gasteiger partial charge < -0.3 is 9.84 Å². The average molecular weight is 288 g/mol. The van der Waals surface area contributed by atoms with Gasteiger partial charge in [-0.05, 0) is 36.2 Å². The van der Waals surface area contributed by atoms with Crippen molar-refractivity contribution in [2.75, 3.05) is 6.61 Å². The minimum atomic E-state index is -0.540. The predicted octanol–water partition coefficient (Wildman–Crippen LogP) is 4.06. The van der Waals surface area contributed by atoms with Crippen molar-refractivity contribution in [2.24, 2.45) is 0 Å². The Labute approximate surface area is 124 Å². The molecule has 0 spiro atoms. The van der Waals surface area contributed by atoms with E-state index in [9.17, 15) is 5.11 Å². The SMILES string of the molecule is CCc1ccc(C(O)c2ccc3c(c2)C(C)(C)CO3)s1. The first kappa shape index (κ1) is 13.7. The van der Waals surface area contributed by atoms with E-state index in [0.29, 0.717) is 6.61 Å². The molecule has 106 valence electrons. The Hall–Kier alpha value is -1.32. The van der Waals surface area contributed by atoms with E-state index in [4.69, 9.17) is 4.74 Å². The molecule has 1 atom stereocenters. The molecule has 2 aromatic rings. The largest absolute Gasteiger partial charge is 0.492 e. The van der Waals surface area contributed by atoms with Gasteiger partial charge in [-0.2, -0.15) is 0 Å². The Morgan fingerprint density at radius 2 is 2.10 bits per heavy atom. The standard InChI is InChI=1S/C17H20O2S/c1-4-12-6-8-15(20-12)16(18)11-5-7-14-13(9-11)17(2,3)10-19-14/h5-9,16,18H,4,10H2,1-3H3. The van der Waals surface area contributed by atoms with E-state index in [-0.39, 0.29) is 5.41 Å². The highest BCUT2D eigenvalue weighted by Crippen LogP contribution is 2.40. The van der Waals surface area contributed by atoms with Gasteiger partial charge >= 0.3 is 0 Å². The fourth-order valence-corrected chi connectivity index (χ4v) is 3.57. The summed E-state index contributed by atoms with van der Waals surface area (Å²) in [5.41, 5.74) is 2.17. The Morgan fingerprint density at radius 1 is 1.30 bits per heavy atom. The van der Waals surface area contributed by atoms with Crippen LogP contribution in [0.4, 0.5) is 0 Å². The zero-order chi connectivity index (χ0) is 14.3. The number of benzene rings is 1. The van der Waals surface area contributed by atoms with Crippen molar-refractivity contribution in [3.63, 3.8) is 0 Å². The van der Waals surface area contributed by atoms with E-state index in [1.54, 1.807) is 11.3 Å². The molecule has 1 aliphatic rings. The molecule has 0 radical (unpaired) electrons. The van der Waals surface area contributed by atoms with E-state index >= 15 is 0 Å². The molecule has 0 bridgehead atoms. The summed E-state index contributed by atoms with van der Waals surface area (Å²) in [4.78, 5) is 2.32. The summed E-state index contributed by atoms with van der Waals surface area (Å²) in [6, 6.07) is 10.2. The van der Waals surface area contributed by atoms with Crippen LogP contribution < -0.4 is 4.74 Å². The van der Waals surface area contributed by atoms with Gasteiger partial charge in [0.2, 0.25) is 0 Å². The fourth-order valence-electron chi connectivity index (χ4n) is 2.60. The molecule has 0 amide bonds. The van der Waals surface area contributed by atoms with Gasteiger partial charge in [0.25, 0.3) is 0 Å². The molecule has 0 saturated carbocycles. The summed E-state index contributed by atoms with van der Waals surface area (Å²) < 4.78 is 5.70.